The zero-order chi connectivity index (χ0) is 15.1. The number of hydrogen-bond acceptors (Lipinski definition) is 4. The maximum atomic E-state index is 12.1. The summed E-state index contributed by atoms with van der Waals surface area (Å²) >= 11 is 0. The van der Waals surface area contributed by atoms with Crippen LogP contribution in [-0.4, -0.2) is 54.1 Å². The van der Waals surface area contributed by atoms with Gasteiger partial charge in [0.15, 0.2) is 0 Å². The van der Waals surface area contributed by atoms with Crippen LogP contribution in [0.25, 0.3) is 0 Å². The number of amides is 2. The zero-order valence-corrected chi connectivity index (χ0v) is 12.6. The minimum atomic E-state index is -0.526. The average Bonchev–Trinajstić information content (AvgIpc) is 2.97. The van der Waals surface area contributed by atoms with E-state index in [0.29, 0.717) is 0 Å². The monoisotopic (exact) mass is 282 g/mol. The Balaban J connectivity index is 2.43. The summed E-state index contributed by atoms with van der Waals surface area (Å²) in [5, 5.41) is 2.71. The average molecular weight is 282 g/mol. The molecule has 3 atom stereocenters. The molecule has 20 heavy (non-hydrogen) atoms. The van der Waals surface area contributed by atoms with Crippen LogP contribution in [0.15, 0.2) is 4.99 Å². The Morgan fingerprint density at radius 2 is 1.95 bits per heavy atom. The molecule has 3 unspecified atom stereocenters. The maximum absolute atomic E-state index is 12.1. The van der Waals surface area contributed by atoms with Crippen LogP contribution >= 0.6 is 0 Å². The number of carbonyl (C=O) groups is 2. The fraction of sp³-hybridized carbons (Fsp3) is 0.786. The molecule has 6 heteroatoms. The summed E-state index contributed by atoms with van der Waals surface area (Å²) in [4.78, 5) is 29.9. The molecular weight excluding hydrogens is 256 g/mol. The van der Waals surface area contributed by atoms with Crippen LogP contribution in [0.3, 0.4) is 0 Å². The molecule has 1 rings (SSSR count). The molecule has 1 aliphatic heterocycles. The first-order chi connectivity index (χ1) is 9.45. The van der Waals surface area contributed by atoms with Crippen LogP contribution in [0.2, 0.25) is 0 Å². The van der Waals surface area contributed by atoms with Crippen molar-refractivity contribution in [1.29, 1.82) is 0 Å². The van der Waals surface area contributed by atoms with Crippen molar-refractivity contribution < 1.29 is 9.59 Å². The van der Waals surface area contributed by atoms with Crippen molar-refractivity contribution >= 4 is 18.0 Å². The Morgan fingerprint density at radius 3 is 2.50 bits per heavy atom. The summed E-state index contributed by atoms with van der Waals surface area (Å²) in [6, 6.07) is -1.16. The fourth-order valence-electron chi connectivity index (χ4n) is 2.02. The number of hydrogen-bond donors (Lipinski definition) is 2. The largest absolute Gasteiger partial charge is 0.343 e. The lowest BCUT2D eigenvalue weighted by Gasteiger charge is -2.21. The minimum Gasteiger partial charge on any atom is -0.343 e. The molecule has 0 aromatic carbocycles. The van der Waals surface area contributed by atoms with Gasteiger partial charge in [-0.05, 0) is 33.1 Å². The molecule has 1 heterocycles. The smallest absolute Gasteiger partial charge is 0.245 e. The van der Waals surface area contributed by atoms with Gasteiger partial charge in [0.05, 0.1) is 0 Å². The van der Waals surface area contributed by atoms with Gasteiger partial charge in [-0.25, -0.2) is 0 Å². The van der Waals surface area contributed by atoms with Gasteiger partial charge in [0.25, 0.3) is 0 Å². The highest BCUT2D eigenvalue weighted by molar-refractivity contribution is 5.90. The van der Waals surface area contributed by atoms with Gasteiger partial charge in [0.2, 0.25) is 11.8 Å². The molecule has 1 saturated heterocycles. The van der Waals surface area contributed by atoms with Crippen molar-refractivity contribution in [3.8, 4) is 0 Å². The van der Waals surface area contributed by atoms with E-state index in [4.69, 9.17) is 5.73 Å². The van der Waals surface area contributed by atoms with Crippen molar-refractivity contribution in [3.05, 3.63) is 0 Å². The molecule has 0 aromatic rings. The lowest BCUT2D eigenvalue weighted by atomic mass is 10.2. The van der Waals surface area contributed by atoms with Crippen LogP contribution < -0.4 is 11.1 Å². The van der Waals surface area contributed by atoms with Crippen LogP contribution in [0, 0.1) is 0 Å². The Labute approximate surface area is 120 Å². The third-order valence-electron chi connectivity index (χ3n) is 3.50. The van der Waals surface area contributed by atoms with E-state index in [1.165, 1.54) is 0 Å². The number of nitrogens with one attached hydrogen (secondary N) is 1. The van der Waals surface area contributed by atoms with Gasteiger partial charge in [-0.1, -0.05) is 6.92 Å². The highest BCUT2D eigenvalue weighted by Crippen LogP contribution is 2.09. The molecule has 114 valence electrons. The number of nitrogens with two attached hydrogens (primary N) is 1. The molecular formula is C14H26N4O2. The predicted octanol–water partition coefficient (Wildman–Crippen LogP) is 0.310. The van der Waals surface area contributed by atoms with Crippen LogP contribution in [0.5, 0.6) is 0 Å². The molecule has 0 spiro atoms. The second-order valence-electron chi connectivity index (χ2n) is 5.31. The quantitative estimate of drug-likeness (QED) is 0.687. The van der Waals surface area contributed by atoms with Crippen molar-refractivity contribution in [3.63, 3.8) is 0 Å². The highest BCUT2D eigenvalue weighted by Gasteiger charge is 2.25. The van der Waals surface area contributed by atoms with Gasteiger partial charge >= 0.3 is 0 Å². The standard InChI is InChI=1S/C14H26N4O2/c1-4-12(15)9-16-10(2)13(19)17-11(3)14(20)18-7-5-6-8-18/h9-12H,4-8,15H2,1-3H3,(H,17,19). The van der Waals surface area contributed by atoms with E-state index < -0.39 is 12.1 Å². The lowest BCUT2D eigenvalue weighted by Crippen LogP contribution is -2.48. The van der Waals surface area contributed by atoms with E-state index in [0.717, 1.165) is 32.4 Å². The summed E-state index contributed by atoms with van der Waals surface area (Å²) in [6.45, 7) is 6.95. The molecule has 3 N–H and O–H groups in total. The lowest BCUT2D eigenvalue weighted by molar-refractivity contribution is -0.135. The predicted molar refractivity (Wildman–Crippen MR) is 79.6 cm³/mol. The number of nitrogens with zero attached hydrogens (tertiary/aromatic N) is 2. The summed E-state index contributed by atoms with van der Waals surface area (Å²) in [6.07, 6.45) is 4.46. The summed E-state index contributed by atoms with van der Waals surface area (Å²) in [7, 11) is 0. The Bertz CT molecular complexity index is 364. The molecule has 0 aliphatic carbocycles. The molecule has 6 nitrogen and oxygen atoms in total. The fourth-order valence-corrected chi connectivity index (χ4v) is 2.02. The molecule has 0 radical (unpaired) electrons. The van der Waals surface area contributed by atoms with Gasteiger partial charge in [-0.15, -0.1) is 0 Å². The van der Waals surface area contributed by atoms with Crippen molar-refractivity contribution in [2.45, 2.75) is 58.2 Å². The summed E-state index contributed by atoms with van der Waals surface area (Å²) in [5.74, 6) is -0.262. The third-order valence-corrected chi connectivity index (χ3v) is 3.50. The van der Waals surface area contributed by atoms with Gasteiger partial charge in [0, 0.05) is 25.3 Å². The molecule has 0 aromatic heterocycles. The van der Waals surface area contributed by atoms with Crippen LogP contribution in [0.4, 0.5) is 0 Å². The van der Waals surface area contributed by atoms with Crippen LogP contribution in [-0.2, 0) is 9.59 Å². The normalized spacial score (nSPS) is 19.9. The Kier molecular flexibility index (Phi) is 6.64. The first-order valence-electron chi connectivity index (χ1n) is 7.33. The zero-order valence-electron chi connectivity index (χ0n) is 12.6. The van der Waals surface area contributed by atoms with Crippen molar-refractivity contribution in [2.75, 3.05) is 13.1 Å². The van der Waals surface area contributed by atoms with E-state index in [2.05, 4.69) is 10.3 Å². The molecule has 0 saturated carbocycles. The van der Waals surface area contributed by atoms with Crippen molar-refractivity contribution in [1.82, 2.24) is 10.2 Å². The van der Waals surface area contributed by atoms with Crippen molar-refractivity contribution in [2.24, 2.45) is 10.7 Å². The SMILES string of the molecule is CCC(N)C=NC(C)C(=O)NC(C)C(=O)N1CCCC1. The van der Waals surface area contributed by atoms with Gasteiger partial charge in [-0.3, -0.25) is 14.6 Å². The van der Waals surface area contributed by atoms with Crippen LogP contribution in [0.1, 0.15) is 40.0 Å². The Morgan fingerprint density at radius 1 is 1.35 bits per heavy atom. The van der Waals surface area contributed by atoms with E-state index in [9.17, 15) is 9.59 Å². The second kappa shape index (κ2) is 7.99. The number of carbonyl (C=O) groups excluding carboxylic acids is 2. The van der Waals surface area contributed by atoms with E-state index in [-0.39, 0.29) is 17.9 Å². The molecule has 0 bridgehead atoms. The van der Waals surface area contributed by atoms with Gasteiger partial charge in [-0.2, -0.15) is 0 Å². The molecule has 1 fully saturated rings. The minimum absolute atomic E-state index is 0.0164. The van der Waals surface area contributed by atoms with E-state index in [1.54, 1.807) is 25.0 Å². The number of likely N-dealkylation sites (tertiary alicyclic amines) is 1. The number of aliphatic imine (C=N–C) groups is 1. The maximum Gasteiger partial charge on any atom is 0.245 e. The first kappa shape index (κ1) is 16.6. The highest BCUT2D eigenvalue weighted by atomic mass is 16.2. The first-order valence-corrected chi connectivity index (χ1v) is 7.33. The summed E-state index contributed by atoms with van der Waals surface area (Å²) < 4.78 is 0. The molecule has 2 amide bonds. The van der Waals surface area contributed by atoms with E-state index >= 15 is 0 Å². The molecule has 1 aliphatic rings. The second-order valence-corrected chi connectivity index (χ2v) is 5.31. The number of rotatable bonds is 6. The van der Waals surface area contributed by atoms with E-state index in [1.807, 2.05) is 6.92 Å². The van der Waals surface area contributed by atoms with Gasteiger partial charge < -0.3 is 16.0 Å². The Hall–Kier alpha value is -1.43. The summed E-state index contributed by atoms with van der Waals surface area (Å²) in [5.41, 5.74) is 5.71. The third kappa shape index (κ3) is 4.92. The topological polar surface area (TPSA) is 87.8 Å². The van der Waals surface area contributed by atoms with Gasteiger partial charge in [0.1, 0.15) is 12.1 Å².